The zero-order chi connectivity index (χ0) is 12.6. The molecule has 4 heteroatoms. The summed E-state index contributed by atoms with van der Waals surface area (Å²) in [4.78, 5) is 11.4. The van der Waals surface area contributed by atoms with Crippen LogP contribution in [0.15, 0.2) is 29.1 Å². The Morgan fingerprint density at radius 3 is 2.35 bits per heavy atom. The maximum absolute atomic E-state index is 11.4. The van der Waals surface area contributed by atoms with Crippen molar-refractivity contribution in [2.75, 3.05) is 5.73 Å². The summed E-state index contributed by atoms with van der Waals surface area (Å²) >= 11 is 0. The molecule has 0 radical (unpaired) electrons. The van der Waals surface area contributed by atoms with Crippen molar-refractivity contribution in [1.82, 2.24) is 9.78 Å². The molecule has 1 aromatic heterocycles. The van der Waals surface area contributed by atoms with Crippen molar-refractivity contribution in [3.8, 4) is 5.69 Å². The number of rotatable bonds is 1. The average molecular weight is 229 g/mol. The zero-order valence-corrected chi connectivity index (χ0v) is 10.2. The van der Waals surface area contributed by atoms with E-state index in [0.717, 1.165) is 22.5 Å². The standard InChI is InChI=1S/C13H15N3O/c1-8-5-4-6-9(2)12(8)16-10(3)7-11(17)13(14)15-16/h4-7H,1-3H3,(H2,14,15). The monoisotopic (exact) mass is 229 g/mol. The minimum Gasteiger partial charge on any atom is -0.379 e. The lowest BCUT2D eigenvalue weighted by Gasteiger charge is -2.14. The Balaban J connectivity index is 2.77. The highest BCUT2D eigenvalue weighted by molar-refractivity contribution is 5.48. The van der Waals surface area contributed by atoms with Gasteiger partial charge in [-0.1, -0.05) is 18.2 Å². The number of nitrogens with zero attached hydrogens (tertiary/aromatic N) is 2. The largest absolute Gasteiger partial charge is 0.379 e. The Morgan fingerprint density at radius 1 is 1.18 bits per heavy atom. The fourth-order valence-electron chi connectivity index (χ4n) is 1.93. The summed E-state index contributed by atoms with van der Waals surface area (Å²) in [6.45, 7) is 5.87. The molecule has 4 nitrogen and oxygen atoms in total. The first-order chi connectivity index (χ1) is 8.00. The molecule has 0 saturated heterocycles. The summed E-state index contributed by atoms with van der Waals surface area (Å²) < 4.78 is 1.72. The van der Waals surface area contributed by atoms with Crippen molar-refractivity contribution >= 4 is 5.82 Å². The molecule has 0 bridgehead atoms. The lowest BCUT2D eigenvalue weighted by atomic mass is 10.1. The van der Waals surface area contributed by atoms with E-state index in [9.17, 15) is 4.79 Å². The van der Waals surface area contributed by atoms with Gasteiger partial charge in [0.2, 0.25) is 5.43 Å². The van der Waals surface area contributed by atoms with Gasteiger partial charge in [0.15, 0.2) is 5.82 Å². The summed E-state index contributed by atoms with van der Waals surface area (Å²) in [7, 11) is 0. The fraction of sp³-hybridized carbons (Fsp3) is 0.231. The molecule has 0 aliphatic heterocycles. The summed E-state index contributed by atoms with van der Waals surface area (Å²) in [5.74, 6) is 0.0262. The molecule has 0 atom stereocenters. The summed E-state index contributed by atoms with van der Waals surface area (Å²) in [6.07, 6.45) is 0. The first kappa shape index (κ1) is 11.4. The van der Waals surface area contributed by atoms with Gasteiger partial charge in [-0.25, -0.2) is 4.68 Å². The van der Waals surface area contributed by atoms with Gasteiger partial charge in [0.25, 0.3) is 0 Å². The highest BCUT2D eigenvalue weighted by Crippen LogP contribution is 2.18. The van der Waals surface area contributed by atoms with Crippen LogP contribution in [0.4, 0.5) is 5.82 Å². The molecule has 88 valence electrons. The van der Waals surface area contributed by atoms with Crippen molar-refractivity contribution in [3.63, 3.8) is 0 Å². The molecular weight excluding hydrogens is 214 g/mol. The van der Waals surface area contributed by atoms with Crippen LogP contribution < -0.4 is 11.2 Å². The van der Waals surface area contributed by atoms with Crippen molar-refractivity contribution in [1.29, 1.82) is 0 Å². The third kappa shape index (κ3) is 1.93. The smallest absolute Gasteiger partial charge is 0.224 e. The number of hydrogen-bond acceptors (Lipinski definition) is 3. The quantitative estimate of drug-likeness (QED) is 0.810. The van der Waals surface area contributed by atoms with Crippen molar-refractivity contribution in [2.45, 2.75) is 20.8 Å². The molecular formula is C13H15N3O. The van der Waals surface area contributed by atoms with Gasteiger partial charge in [0.05, 0.1) is 5.69 Å². The lowest BCUT2D eigenvalue weighted by Crippen LogP contribution is -2.18. The van der Waals surface area contributed by atoms with Gasteiger partial charge in [0, 0.05) is 11.8 Å². The number of anilines is 1. The van der Waals surface area contributed by atoms with Crippen LogP contribution in [0.1, 0.15) is 16.8 Å². The van der Waals surface area contributed by atoms with Crippen LogP contribution in [0.3, 0.4) is 0 Å². The number of nitrogens with two attached hydrogens (primary N) is 1. The summed E-state index contributed by atoms with van der Waals surface area (Å²) in [6, 6.07) is 7.53. The van der Waals surface area contributed by atoms with E-state index in [4.69, 9.17) is 5.73 Å². The van der Waals surface area contributed by atoms with Gasteiger partial charge in [-0.3, -0.25) is 4.79 Å². The maximum atomic E-state index is 11.4. The second-order valence-electron chi connectivity index (χ2n) is 4.19. The first-order valence-corrected chi connectivity index (χ1v) is 5.43. The predicted molar refractivity (Wildman–Crippen MR) is 68.5 cm³/mol. The molecule has 0 spiro atoms. The van der Waals surface area contributed by atoms with Crippen LogP contribution >= 0.6 is 0 Å². The van der Waals surface area contributed by atoms with Crippen molar-refractivity contribution in [3.05, 3.63) is 51.3 Å². The van der Waals surface area contributed by atoms with E-state index in [1.807, 2.05) is 39.0 Å². The number of hydrogen-bond donors (Lipinski definition) is 1. The highest BCUT2D eigenvalue weighted by Gasteiger charge is 2.09. The predicted octanol–water partition coefficient (Wildman–Crippen LogP) is 1.74. The number of para-hydroxylation sites is 1. The Bertz CT molecular complexity index is 609. The van der Waals surface area contributed by atoms with Gasteiger partial charge >= 0.3 is 0 Å². The average Bonchev–Trinajstić information content (AvgIpc) is 2.25. The highest BCUT2D eigenvalue weighted by atomic mass is 16.1. The first-order valence-electron chi connectivity index (χ1n) is 5.43. The molecule has 0 saturated carbocycles. The molecule has 1 aromatic carbocycles. The van der Waals surface area contributed by atoms with Gasteiger partial charge in [0.1, 0.15) is 0 Å². The maximum Gasteiger partial charge on any atom is 0.224 e. The van der Waals surface area contributed by atoms with Crippen LogP contribution in [-0.2, 0) is 0 Å². The van der Waals surface area contributed by atoms with E-state index in [2.05, 4.69) is 5.10 Å². The molecule has 0 aliphatic rings. The molecule has 2 rings (SSSR count). The zero-order valence-electron chi connectivity index (χ0n) is 10.2. The van der Waals surface area contributed by atoms with E-state index < -0.39 is 0 Å². The third-order valence-corrected chi connectivity index (χ3v) is 2.79. The third-order valence-electron chi connectivity index (χ3n) is 2.79. The topological polar surface area (TPSA) is 60.9 Å². The minimum absolute atomic E-state index is 0.0262. The molecule has 2 N–H and O–H groups in total. The SMILES string of the molecule is Cc1cccc(C)c1-n1nc(N)c(=O)cc1C. The molecule has 17 heavy (non-hydrogen) atoms. The summed E-state index contributed by atoms with van der Waals surface area (Å²) in [5.41, 5.74) is 9.31. The molecule has 0 amide bonds. The van der Waals surface area contributed by atoms with Crippen LogP contribution in [0.5, 0.6) is 0 Å². The molecule has 0 aliphatic carbocycles. The van der Waals surface area contributed by atoms with Gasteiger partial charge in [-0.2, -0.15) is 0 Å². The Hall–Kier alpha value is -2.10. The van der Waals surface area contributed by atoms with Crippen molar-refractivity contribution < 1.29 is 0 Å². The number of aromatic nitrogens is 2. The molecule has 0 fully saturated rings. The Morgan fingerprint density at radius 2 is 1.76 bits per heavy atom. The number of aryl methyl sites for hydroxylation is 3. The second-order valence-corrected chi connectivity index (χ2v) is 4.19. The van der Waals surface area contributed by atoms with Gasteiger partial charge in [-0.05, 0) is 31.9 Å². The summed E-state index contributed by atoms with van der Waals surface area (Å²) in [5, 5.41) is 4.15. The lowest BCUT2D eigenvalue weighted by molar-refractivity contribution is 0.797. The van der Waals surface area contributed by atoms with Crippen LogP contribution in [0, 0.1) is 20.8 Å². The van der Waals surface area contributed by atoms with Gasteiger partial charge in [-0.15, -0.1) is 5.10 Å². The second kappa shape index (κ2) is 4.05. The van der Waals surface area contributed by atoms with Crippen LogP contribution in [-0.4, -0.2) is 9.78 Å². The van der Waals surface area contributed by atoms with E-state index in [0.29, 0.717) is 0 Å². The number of benzene rings is 1. The minimum atomic E-state index is -0.231. The van der Waals surface area contributed by atoms with E-state index in [1.54, 1.807) is 4.68 Å². The molecule has 0 unspecified atom stereocenters. The van der Waals surface area contributed by atoms with E-state index >= 15 is 0 Å². The fourth-order valence-corrected chi connectivity index (χ4v) is 1.93. The van der Waals surface area contributed by atoms with Crippen LogP contribution in [0.2, 0.25) is 0 Å². The van der Waals surface area contributed by atoms with Crippen molar-refractivity contribution in [2.24, 2.45) is 0 Å². The molecule has 2 aromatic rings. The van der Waals surface area contributed by atoms with E-state index in [-0.39, 0.29) is 11.2 Å². The number of nitrogen functional groups attached to an aromatic ring is 1. The Labute approximate surface area is 99.7 Å². The van der Waals surface area contributed by atoms with Gasteiger partial charge < -0.3 is 5.73 Å². The molecule has 1 heterocycles. The normalized spacial score (nSPS) is 10.5. The Kier molecular flexibility index (Phi) is 2.71. The van der Waals surface area contributed by atoms with E-state index in [1.165, 1.54) is 6.07 Å². The van der Waals surface area contributed by atoms with Crippen LogP contribution in [0.25, 0.3) is 5.69 Å².